The topological polar surface area (TPSA) is 20.3 Å². The molecule has 62 valence electrons. The molecule has 0 radical (unpaired) electrons. The van der Waals surface area contributed by atoms with Gasteiger partial charge in [-0.2, -0.15) is 0 Å². The molecule has 0 atom stereocenters. The zero-order valence-electron chi connectivity index (χ0n) is 7.48. The van der Waals surface area contributed by atoms with Crippen molar-refractivity contribution in [3.05, 3.63) is 0 Å². The van der Waals surface area contributed by atoms with Gasteiger partial charge in [-0.3, -0.25) is 4.79 Å². The summed E-state index contributed by atoms with van der Waals surface area (Å²) in [5.41, 5.74) is 0. The van der Waals surface area contributed by atoms with Crippen molar-refractivity contribution in [1.82, 2.24) is 4.90 Å². The van der Waals surface area contributed by atoms with Gasteiger partial charge >= 0.3 is 0 Å². The summed E-state index contributed by atoms with van der Waals surface area (Å²) in [7, 11) is 3.91. The second-order valence-electron chi connectivity index (χ2n) is 2.70. The Kier molecular flexibility index (Phi) is 5.50. The number of carbonyl (C=O) groups excluding carboxylic acids is 1. The van der Waals surface area contributed by atoms with Crippen LogP contribution in [0.3, 0.4) is 0 Å². The Bertz CT molecular complexity index is 174. The molecule has 0 saturated heterocycles. The molecule has 0 aliphatic rings. The first-order valence-electron chi connectivity index (χ1n) is 3.73. The van der Waals surface area contributed by atoms with Crippen LogP contribution in [0.1, 0.15) is 19.8 Å². The molecule has 0 unspecified atom stereocenters. The number of Topliss-reactive ketones (excluding diaryl/α,β-unsaturated/α-hetero) is 1. The van der Waals surface area contributed by atoms with Crippen LogP contribution in [0.2, 0.25) is 0 Å². The van der Waals surface area contributed by atoms with Gasteiger partial charge < -0.3 is 4.90 Å². The molecule has 0 saturated carbocycles. The fraction of sp³-hybridized carbons (Fsp3) is 0.667. The molecule has 0 amide bonds. The molecule has 0 fully saturated rings. The van der Waals surface area contributed by atoms with Gasteiger partial charge in [0, 0.05) is 13.0 Å². The van der Waals surface area contributed by atoms with Gasteiger partial charge in [-0.25, -0.2) is 0 Å². The van der Waals surface area contributed by atoms with Crippen molar-refractivity contribution in [1.29, 1.82) is 0 Å². The minimum absolute atomic E-state index is 0.230. The molecule has 0 spiro atoms. The first kappa shape index (κ1) is 10.2. The molecule has 0 aliphatic heterocycles. The number of nitrogens with zero attached hydrogens (tertiary/aromatic N) is 1. The van der Waals surface area contributed by atoms with E-state index in [-0.39, 0.29) is 5.78 Å². The van der Waals surface area contributed by atoms with Crippen molar-refractivity contribution in [3.63, 3.8) is 0 Å². The van der Waals surface area contributed by atoms with Crippen molar-refractivity contribution in [3.8, 4) is 11.8 Å². The van der Waals surface area contributed by atoms with Gasteiger partial charge in [0.1, 0.15) is 5.78 Å². The summed E-state index contributed by atoms with van der Waals surface area (Å²) in [6.45, 7) is 2.57. The molecule has 0 aromatic heterocycles. The summed E-state index contributed by atoms with van der Waals surface area (Å²) in [5.74, 6) is 5.69. The molecule has 0 rings (SSSR count). The number of hydrogen-bond donors (Lipinski definition) is 0. The van der Waals surface area contributed by atoms with E-state index in [9.17, 15) is 4.79 Å². The van der Waals surface area contributed by atoms with Gasteiger partial charge in [0.2, 0.25) is 0 Å². The maximum Gasteiger partial charge on any atom is 0.146 e. The molecule has 0 N–H and O–H groups in total. The minimum atomic E-state index is 0.230. The molecule has 0 aromatic rings. The Morgan fingerprint density at radius 3 is 2.55 bits per heavy atom. The second kappa shape index (κ2) is 5.94. The SMILES string of the molecule is CC#CCC(=O)CCN(C)C. The van der Waals surface area contributed by atoms with E-state index in [1.54, 1.807) is 6.92 Å². The van der Waals surface area contributed by atoms with Crippen molar-refractivity contribution >= 4 is 5.78 Å². The average Bonchev–Trinajstić information content (AvgIpc) is 1.97. The zero-order valence-corrected chi connectivity index (χ0v) is 7.48. The maximum atomic E-state index is 11.0. The molecular formula is C9H15NO. The Morgan fingerprint density at radius 2 is 2.09 bits per heavy atom. The number of ketones is 1. The standard InChI is InChI=1S/C9H15NO/c1-4-5-6-9(11)7-8-10(2)3/h6-8H2,1-3H3. The van der Waals surface area contributed by atoms with Gasteiger partial charge in [0.25, 0.3) is 0 Å². The van der Waals surface area contributed by atoms with Crippen LogP contribution in [-0.4, -0.2) is 31.3 Å². The van der Waals surface area contributed by atoms with Crippen LogP contribution in [0.15, 0.2) is 0 Å². The monoisotopic (exact) mass is 153 g/mol. The van der Waals surface area contributed by atoms with E-state index in [0.29, 0.717) is 12.8 Å². The van der Waals surface area contributed by atoms with Gasteiger partial charge in [-0.15, -0.1) is 5.92 Å². The first-order chi connectivity index (χ1) is 5.16. The van der Waals surface area contributed by atoms with Gasteiger partial charge in [-0.1, -0.05) is 5.92 Å². The molecule has 11 heavy (non-hydrogen) atoms. The number of carbonyl (C=O) groups is 1. The zero-order chi connectivity index (χ0) is 8.69. The lowest BCUT2D eigenvalue weighted by molar-refractivity contribution is -0.118. The van der Waals surface area contributed by atoms with E-state index in [0.717, 1.165) is 6.54 Å². The largest absolute Gasteiger partial charge is 0.309 e. The summed E-state index contributed by atoms with van der Waals surface area (Å²) in [6, 6.07) is 0. The highest BCUT2D eigenvalue weighted by atomic mass is 16.1. The van der Waals surface area contributed by atoms with Crippen LogP contribution in [0, 0.1) is 11.8 Å². The highest BCUT2D eigenvalue weighted by Gasteiger charge is 1.99. The molecule has 0 aromatic carbocycles. The molecule has 0 aliphatic carbocycles. The van der Waals surface area contributed by atoms with Crippen molar-refractivity contribution in [2.24, 2.45) is 0 Å². The second-order valence-corrected chi connectivity index (χ2v) is 2.70. The van der Waals surface area contributed by atoms with Crippen LogP contribution in [-0.2, 0) is 4.79 Å². The minimum Gasteiger partial charge on any atom is -0.309 e. The normalized spacial score (nSPS) is 9.09. The fourth-order valence-corrected chi connectivity index (χ4v) is 0.624. The summed E-state index contributed by atoms with van der Waals surface area (Å²) in [4.78, 5) is 13.0. The average molecular weight is 153 g/mol. The lowest BCUT2D eigenvalue weighted by Gasteiger charge is -2.06. The molecule has 0 bridgehead atoms. The third-order valence-corrected chi connectivity index (χ3v) is 1.30. The Balaban J connectivity index is 3.43. The Morgan fingerprint density at radius 1 is 1.45 bits per heavy atom. The highest BCUT2D eigenvalue weighted by molar-refractivity contribution is 5.80. The third-order valence-electron chi connectivity index (χ3n) is 1.30. The third kappa shape index (κ3) is 7.08. The predicted molar refractivity (Wildman–Crippen MR) is 46.2 cm³/mol. The van der Waals surface area contributed by atoms with Crippen molar-refractivity contribution < 1.29 is 4.79 Å². The number of rotatable bonds is 4. The van der Waals surface area contributed by atoms with E-state index >= 15 is 0 Å². The van der Waals surface area contributed by atoms with Crippen molar-refractivity contribution in [2.45, 2.75) is 19.8 Å². The molecule has 2 heteroatoms. The number of hydrogen-bond acceptors (Lipinski definition) is 2. The van der Waals surface area contributed by atoms with Crippen molar-refractivity contribution in [2.75, 3.05) is 20.6 Å². The highest BCUT2D eigenvalue weighted by Crippen LogP contribution is 1.89. The quantitative estimate of drug-likeness (QED) is 0.560. The smallest absolute Gasteiger partial charge is 0.146 e. The van der Waals surface area contributed by atoms with Crippen LogP contribution in [0.25, 0.3) is 0 Å². The Hall–Kier alpha value is -0.810. The van der Waals surface area contributed by atoms with E-state index in [4.69, 9.17) is 0 Å². The van der Waals surface area contributed by atoms with Gasteiger partial charge in [-0.05, 0) is 21.0 Å². The predicted octanol–water partition coefficient (Wildman–Crippen LogP) is 0.921. The van der Waals surface area contributed by atoms with E-state index < -0.39 is 0 Å². The van der Waals surface area contributed by atoms with Crippen LogP contribution < -0.4 is 0 Å². The summed E-state index contributed by atoms with van der Waals surface area (Å²) in [6.07, 6.45) is 1.02. The van der Waals surface area contributed by atoms with Gasteiger partial charge in [0.15, 0.2) is 0 Å². The van der Waals surface area contributed by atoms with E-state index in [1.165, 1.54) is 0 Å². The van der Waals surface area contributed by atoms with Crippen LogP contribution in [0.4, 0.5) is 0 Å². The van der Waals surface area contributed by atoms with E-state index in [2.05, 4.69) is 11.8 Å². The lowest BCUT2D eigenvalue weighted by atomic mass is 10.2. The molecule has 0 heterocycles. The lowest BCUT2D eigenvalue weighted by Crippen LogP contribution is -2.16. The maximum absolute atomic E-state index is 11.0. The van der Waals surface area contributed by atoms with Gasteiger partial charge in [0.05, 0.1) is 6.42 Å². The van der Waals surface area contributed by atoms with Crippen LogP contribution >= 0.6 is 0 Å². The van der Waals surface area contributed by atoms with Crippen LogP contribution in [0.5, 0.6) is 0 Å². The molecular weight excluding hydrogens is 138 g/mol. The summed E-state index contributed by atoms with van der Waals surface area (Å²) >= 11 is 0. The summed E-state index contributed by atoms with van der Waals surface area (Å²) in [5, 5.41) is 0. The summed E-state index contributed by atoms with van der Waals surface area (Å²) < 4.78 is 0. The Labute approximate surface area is 68.6 Å². The first-order valence-corrected chi connectivity index (χ1v) is 3.73. The molecule has 2 nitrogen and oxygen atoms in total. The van der Waals surface area contributed by atoms with E-state index in [1.807, 2.05) is 19.0 Å². The fourth-order valence-electron chi connectivity index (χ4n) is 0.624.